The fourth-order valence-corrected chi connectivity index (χ4v) is 6.44. The molecule has 2 aliphatic rings. The van der Waals surface area contributed by atoms with Crippen molar-refractivity contribution in [2.75, 3.05) is 24.9 Å². The van der Waals surface area contributed by atoms with Crippen molar-refractivity contribution in [2.24, 2.45) is 5.92 Å². The average molecular weight is 522 g/mol. The van der Waals surface area contributed by atoms with Gasteiger partial charge < -0.3 is 4.90 Å². The number of aromatic nitrogens is 2. The highest BCUT2D eigenvalue weighted by Gasteiger charge is 2.47. The van der Waals surface area contributed by atoms with Gasteiger partial charge in [-0.05, 0) is 61.9 Å². The molecule has 5 rings (SSSR count). The molecule has 2 aliphatic heterocycles. The Morgan fingerprint density at radius 3 is 2.42 bits per heavy atom. The summed E-state index contributed by atoms with van der Waals surface area (Å²) >= 11 is 6.39. The summed E-state index contributed by atoms with van der Waals surface area (Å²) in [5, 5.41) is 3.27. The number of nitrogens with zero attached hydrogens (tertiary/aromatic N) is 4. The lowest BCUT2D eigenvalue weighted by Gasteiger charge is -2.31. The van der Waals surface area contributed by atoms with E-state index < -0.39 is 0 Å². The number of hydrogen-bond donors (Lipinski definition) is 0. The molecule has 36 heavy (non-hydrogen) atoms. The summed E-state index contributed by atoms with van der Waals surface area (Å²) in [6.45, 7) is 12.7. The lowest BCUT2D eigenvalue weighted by atomic mass is 9.76. The quantitative estimate of drug-likeness (QED) is 0.251. The first-order valence-corrected chi connectivity index (χ1v) is 14.3. The van der Waals surface area contributed by atoms with Crippen LogP contribution in [0.1, 0.15) is 57.2 Å². The number of pyridine rings is 1. The lowest BCUT2D eigenvalue weighted by Crippen LogP contribution is -2.35. The van der Waals surface area contributed by atoms with E-state index in [0.29, 0.717) is 5.92 Å². The van der Waals surface area contributed by atoms with Crippen molar-refractivity contribution >= 4 is 40.2 Å². The third kappa shape index (κ3) is 4.52. The number of fused-ring (bicyclic) bond motifs is 2. The highest BCUT2D eigenvalue weighted by atomic mass is 35.5. The molecule has 1 aromatic carbocycles. The zero-order valence-corrected chi connectivity index (χ0v) is 24.1. The normalized spacial score (nSPS) is 21.0. The number of alkyl halides is 1. The average Bonchev–Trinajstić information content (AvgIpc) is 3.51. The lowest BCUT2D eigenvalue weighted by molar-refractivity contribution is -0.406. The van der Waals surface area contributed by atoms with Crippen molar-refractivity contribution in [3.8, 4) is 0 Å². The van der Waals surface area contributed by atoms with E-state index in [1.807, 2.05) is 12.4 Å². The van der Waals surface area contributed by atoms with Crippen LogP contribution in [0.3, 0.4) is 0 Å². The Hall–Kier alpha value is -2.50. The number of rotatable bonds is 6. The molecule has 0 N–H and O–H groups in total. The molecule has 1 unspecified atom stereocenters. The van der Waals surface area contributed by atoms with Crippen LogP contribution in [0, 0.1) is 5.92 Å². The van der Waals surface area contributed by atoms with Gasteiger partial charge in [0.15, 0.2) is 0 Å². The van der Waals surface area contributed by atoms with E-state index in [1.165, 1.54) is 39.6 Å². The van der Waals surface area contributed by atoms with E-state index in [9.17, 15) is 0 Å². The van der Waals surface area contributed by atoms with Gasteiger partial charge in [-0.2, -0.15) is 0 Å². The Kier molecular flexibility index (Phi) is 7.72. The van der Waals surface area contributed by atoms with Gasteiger partial charge in [-0.15, -0.1) is 22.9 Å². The minimum absolute atomic E-state index is 0.119. The SMILES string of the molecule is CC(C)CCN1C(=CC2=[N+](C)c3ncccc3C2(C)C)C(C)(Cc2nccs2)c2ccccc21.CCl. The molecule has 3 aromatic rings. The Bertz CT molecular complexity index is 1280. The molecule has 0 aliphatic carbocycles. The summed E-state index contributed by atoms with van der Waals surface area (Å²) in [4.78, 5) is 12.0. The van der Waals surface area contributed by atoms with Crippen LogP contribution >= 0.6 is 22.9 Å². The van der Waals surface area contributed by atoms with Gasteiger partial charge in [0.2, 0.25) is 0 Å². The minimum atomic E-state index is -0.155. The molecule has 0 bridgehead atoms. The summed E-state index contributed by atoms with van der Waals surface area (Å²) in [7, 11) is 2.16. The molecule has 6 heteroatoms. The van der Waals surface area contributed by atoms with Gasteiger partial charge in [0.1, 0.15) is 11.9 Å². The number of thiazole rings is 1. The first-order chi connectivity index (χ1) is 17.2. The first-order valence-electron chi connectivity index (χ1n) is 12.7. The van der Waals surface area contributed by atoms with E-state index in [2.05, 4.69) is 116 Å². The molecule has 190 valence electrons. The van der Waals surface area contributed by atoms with Crippen LogP contribution in [0.2, 0.25) is 0 Å². The number of para-hydroxylation sites is 1. The summed E-state index contributed by atoms with van der Waals surface area (Å²) in [6, 6.07) is 13.2. The number of halogens is 1. The second-order valence-electron chi connectivity index (χ2n) is 10.8. The maximum Gasteiger partial charge on any atom is 0.327 e. The molecule has 0 amide bonds. The number of anilines is 1. The monoisotopic (exact) mass is 521 g/mol. The molecule has 0 spiro atoms. The van der Waals surface area contributed by atoms with Gasteiger partial charge >= 0.3 is 5.82 Å². The van der Waals surface area contributed by atoms with E-state index in [1.54, 1.807) is 11.3 Å². The second-order valence-corrected chi connectivity index (χ2v) is 11.7. The molecule has 0 radical (unpaired) electrons. The molecule has 2 aromatic heterocycles. The van der Waals surface area contributed by atoms with Crippen LogP contribution in [0.4, 0.5) is 11.5 Å². The van der Waals surface area contributed by atoms with Gasteiger partial charge in [-0.3, -0.25) is 0 Å². The zero-order valence-electron chi connectivity index (χ0n) is 22.5. The maximum atomic E-state index is 4.73. The third-order valence-electron chi connectivity index (χ3n) is 7.62. The van der Waals surface area contributed by atoms with Crippen molar-refractivity contribution in [1.29, 1.82) is 0 Å². The molecule has 0 saturated heterocycles. The fraction of sp³-hybridized carbons (Fsp3) is 0.433. The summed E-state index contributed by atoms with van der Waals surface area (Å²) in [5.74, 6) is 1.70. The molecule has 0 fully saturated rings. The van der Waals surface area contributed by atoms with Crippen molar-refractivity contribution in [3.05, 3.63) is 82.1 Å². The Labute approximate surface area is 225 Å². The molecular formula is C30H38ClN4S+. The summed E-state index contributed by atoms with van der Waals surface area (Å²) in [6.07, 6.45) is 9.81. The fourth-order valence-electron chi connectivity index (χ4n) is 5.67. The number of benzene rings is 1. The smallest absolute Gasteiger partial charge is 0.327 e. The van der Waals surface area contributed by atoms with Gasteiger partial charge in [0.05, 0.1) is 23.0 Å². The van der Waals surface area contributed by atoms with E-state index >= 15 is 0 Å². The van der Waals surface area contributed by atoms with Crippen molar-refractivity contribution in [2.45, 2.75) is 58.3 Å². The third-order valence-corrected chi connectivity index (χ3v) is 8.40. The van der Waals surface area contributed by atoms with Gasteiger partial charge in [0.25, 0.3) is 0 Å². The highest BCUT2D eigenvalue weighted by Crippen LogP contribution is 2.51. The number of hydrogen-bond acceptors (Lipinski definition) is 4. The van der Waals surface area contributed by atoms with Gasteiger partial charge in [-0.1, -0.05) is 32.0 Å². The van der Waals surface area contributed by atoms with E-state index in [0.717, 1.165) is 25.2 Å². The van der Waals surface area contributed by atoms with E-state index in [-0.39, 0.29) is 10.8 Å². The van der Waals surface area contributed by atoms with Gasteiger partial charge in [-0.25, -0.2) is 9.56 Å². The Balaban J connectivity index is 0.00000148. The maximum absolute atomic E-state index is 4.73. The minimum Gasteiger partial charge on any atom is -0.344 e. The second kappa shape index (κ2) is 10.5. The standard InChI is InChI=1S/C29H35N4S.CH3Cl/c1-20(2)13-16-33-23-12-8-7-10-21(23)29(5,19-26-30-15-17-34-26)25(33)18-24-28(3,4)22-11-9-14-31-27(22)32(24)6;1-2/h7-12,14-15,17-18,20H,13,16,19H2,1-6H3;1H3/q+1;. The van der Waals surface area contributed by atoms with E-state index in [4.69, 9.17) is 4.98 Å². The van der Waals surface area contributed by atoms with Crippen molar-refractivity contribution < 1.29 is 4.58 Å². The molecular weight excluding hydrogens is 484 g/mol. The Morgan fingerprint density at radius 2 is 1.75 bits per heavy atom. The largest absolute Gasteiger partial charge is 0.344 e. The van der Waals surface area contributed by atoms with Crippen LogP contribution in [0.25, 0.3) is 0 Å². The molecule has 0 saturated carbocycles. The van der Waals surface area contributed by atoms with Crippen LogP contribution in [-0.4, -0.2) is 40.2 Å². The first kappa shape index (κ1) is 26.6. The van der Waals surface area contributed by atoms with Crippen LogP contribution in [-0.2, 0) is 17.3 Å². The van der Waals surface area contributed by atoms with Crippen LogP contribution < -0.4 is 4.90 Å². The Morgan fingerprint density at radius 1 is 1.03 bits per heavy atom. The summed E-state index contributed by atoms with van der Waals surface area (Å²) in [5.41, 5.74) is 6.41. The topological polar surface area (TPSA) is 32.0 Å². The predicted molar refractivity (Wildman–Crippen MR) is 154 cm³/mol. The van der Waals surface area contributed by atoms with Crippen LogP contribution in [0.5, 0.6) is 0 Å². The molecule has 1 atom stereocenters. The van der Waals surface area contributed by atoms with Gasteiger partial charge in [0, 0.05) is 53.8 Å². The predicted octanol–water partition coefficient (Wildman–Crippen LogP) is 7.35. The van der Waals surface area contributed by atoms with Crippen molar-refractivity contribution in [3.63, 3.8) is 0 Å². The highest BCUT2D eigenvalue weighted by molar-refractivity contribution is 7.09. The van der Waals surface area contributed by atoms with Crippen LogP contribution in [0.15, 0.2) is 65.9 Å². The zero-order chi connectivity index (χ0) is 26.1. The summed E-state index contributed by atoms with van der Waals surface area (Å²) < 4.78 is 2.29. The number of allylic oxidation sites excluding steroid dienone is 2. The molecule has 4 heterocycles. The molecule has 4 nitrogen and oxygen atoms in total. The van der Waals surface area contributed by atoms with Crippen molar-refractivity contribution in [1.82, 2.24) is 9.97 Å².